The molecule has 0 aromatic carbocycles. The van der Waals surface area contributed by atoms with Crippen LogP contribution in [0.4, 0.5) is 13.2 Å². The summed E-state index contributed by atoms with van der Waals surface area (Å²) < 4.78 is 36.9. The van der Waals surface area contributed by atoms with Gasteiger partial charge >= 0.3 is 6.18 Å². The van der Waals surface area contributed by atoms with Gasteiger partial charge in [-0.3, -0.25) is 0 Å². The lowest BCUT2D eigenvalue weighted by atomic mass is 9.62. The van der Waals surface area contributed by atoms with E-state index in [-0.39, 0.29) is 5.92 Å². The molecule has 1 aliphatic rings. The van der Waals surface area contributed by atoms with E-state index in [0.29, 0.717) is 0 Å². The monoisotopic (exact) mass is 178 g/mol. The van der Waals surface area contributed by atoms with Crippen LogP contribution in [0.25, 0.3) is 0 Å². The summed E-state index contributed by atoms with van der Waals surface area (Å²) in [5, 5.41) is 0. The molecule has 3 heteroatoms. The van der Waals surface area contributed by atoms with Gasteiger partial charge in [0.05, 0.1) is 5.92 Å². The molecule has 70 valence electrons. The second-order valence-corrected chi connectivity index (χ2v) is 3.78. The van der Waals surface area contributed by atoms with Crippen LogP contribution in [0.5, 0.6) is 0 Å². The molecule has 0 aliphatic heterocycles. The van der Waals surface area contributed by atoms with Gasteiger partial charge in [0.1, 0.15) is 0 Å². The summed E-state index contributed by atoms with van der Waals surface area (Å²) in [6.07, 6.45) is -0.591. The van der Waals surface area contributed by atoms with Crippen molar-refractivity contribution >= 4 is 0 Å². The van der Waals surface area contributed by atoms with E-state index < -0.39 is 17.5 Å². The molecule has 0 aromatic rings. The summed E-state index contributed by atoms with van der Waals surface area (Å²) >= 11 is 0. The first-order valence-electron chi connectivity index (χ1n) is 4.04. The second kappa shape index (κ2) is 2.51. The van der Waals surface area contributed by atoms with Crippen LogP contribution in [0.3, 0.4) is 0 Å². The van der Waals surface area contributed by atoms with Gasteiger partial charge < -0.3 is 0 Å². The van der Waals surface area contributed by atoms with E-state index >= 15 is 0 Å². The highest BCUT2D eigenvalue weighted by Gasteiger charge is 2.51. The molecule has 0 amide bonds. The molecule has 0 spiro atoms. The molecule has 12 heavy (non-hydrogen) atoms. The number of halogens is 3. The third-order valence-electron chi connectivity index (χ3n) is 3.15. The molecule has 1 unspecified atom stereocenters. The maximum absolute atomic E-state index is 12.3. The number of hydrogen-bond acceptors (Lipinski definition) is 0. The average Bonchev–Trinajstić information content (AvgIpc) is 1.97. The minimum atomic E-state index is -4.08. The minimum Gasteiger partial charge on any atom is -0.171 e. The number of rotatable bonds is 1. The Balaban J connectivity index is 2.78. The van der Waals surface area contributed by atoms with E-state index in [4.69, 9.17) is 0 Å². The molecule has 1 aliphatic carbocycles. The molecule has 0 heterocycles. The lowest BCUT2D eigenvalue weighted by Crippen LogP contribution is -2.42. The number of allylic oxidation sites excluding steroid dienone is 2. The van der Waals surface area contributed by atoms with Gasteiger partial charge in [0.15, 0.2) is 0 Å². The van der Waals surface area contributed by atoms with Crippen molar-refractivity contribution in [2.75, 3.05) is 0 Å². The Labute approximate surface area is 70.5 Å². The number of hydrogen-bond donors (Lipinski definition) is 0. The van der Waals surface area contributed by atoms with Crippen molar-refractivity contribution in [2.24, 2.45) is 17.3 Å². The topological polar surface area (TPSA) is 0 Å². The first kappa shape index (κ1) is 9.62. The predicted octanol–water partition coefficient (Wildman–Crippen LogP) is 3.40. The fraction of sp³-hybridized carbons (Fsp3) is 0.778. The number of alkyl halides is 3. The SMILES string of the molecule is CC1C=C[C@@]1(C)[C@H](C)C(F)(F)F. The van der Waals surface area contributed by atoms with E-state index in [1.165, 1.54) is 6.92 Å². The van der Waals surface area contributed by atoms with Crippen molar-refractivity contribution in [2.45, 2.75) is 26.9 Å². The van der Waals surface area contributed by atoms with Gasteiger partial charge in [-0.15, -0.1) is 0 Å². The lowest BCUT2D eigenvalue weighted by molar-refractivity contribution is -0.199. The van der Waals surface area contributed by atoms with E-state index in [2.05, 4.69) is 0 Å². The molecule has 0 bridgehead atoms. The molecular formula is C9H13F3. The van der Waals surface area contributed by atoms with Gasteiger partial charge in [0.2, 0.25) is 0 Å². The normalized spacial score (nSPS) is 37.7. The van der Waals surface area contributed by atoms with E-state index in [9.17, 15) is 13.2 Å². The Bertz CT molecular complexity index is 204. The van der Waals surface area contributed by atoms with Crippen LogP contribution in [0, 0.1) is 17.3 Å². The van der Waals surface area contributed by atoms with Gasteiger partial charge in [0.25, 0.3) is 0 Å². The van der Waals surface area contributed by atoms with Gasteiger partial charge in [-0.05, 0) is 5.92 Å². The quantitative estimate of drug-likeness (QED) is 0.540. The molecule has 0 fully saturated rings. The Hall–Kier alpha value is -0.470. The van der Waals surface area contributed by atoms with Crippen molar-refractivity contribution in [1.82, 2.24) is 0 Å². The van der Waals surface area contributed by atoms with Crippen molar-refractivity contribution in [3.63, 3.8) is 0 Å². The van der Waals surface area contributed by atoms with E-state index in [0.717, 1.165) is 0 Å². The summed E-state index contributed by atoms with van der Waals surface area (Å²) in [7, 11) is 0. The Morgan fingerprint density at radius 2 is 1.92 bits per heavy atom. The molecule has 0 saturated heterocycles. The standard InChI is InChI=1S/C9H13F3/c1-6-4-5-8(6,3)7(2)9(10,11)12/h4-7H,1-3H3/t6?,7-,8+/m0/s1. The van der Waals surface area contributed by atoms with Gasteiger partial charge in [-0.2, -0.15) is 13.2 Å². The van der Waals surface area contributed by atoms with Crippen LogP contribution in [-0.4, -0.2) is 6.18 Å². The lowest BCUT2D eigenvalue weighted by Gasteiger charge is -2.44. The zero-order chi connectivity index (χ0) is 9.57. The maximum Gasteiger partial charge on any atom is 0.392 e. The fourth-order valence-electron chi connectivity index (χ4n) is 1.48. The zero-order valence-electron chi connectivity index (χ0n) is 7.44. The van der Waals surface area contributed by atoms with Crippen LogP contribution < -0.4 is 0 Å². The maximum atomic E-state index is 12.3. The molecule has 0 radical (unpaired) electrons. The molecule has 0 nitrogen and oxygen atoms in total. The predicted molar refractivity (Wildman–Crippen MR) is 41.6 cm³/mol. The summed E-state index contributed by atoms with van der Waals surface area (Å²) in [6.45, 7) is 4.73. The molecule has 0 N–H and O–H groups in total. The van der Waals surface area contributed by atoms with E-state index in [1.807, 2.05) is 13.0 Å². The van der Waals surface area contributed by atoms with Crippen LogP contribution in [0.2, 0.25) is 0 Å². The van der Waals surface area contributed by atoms with Crippen molar-refractivity contribution in [3.05, 3.63) is 12.2 Å². The molecule has 0 aromatic heterocycles. The van der Waals surface area contributed by atoms with Gasteiger partial charge in [-0.25, -0.2) is 0 Å². The fourth-order valence-corrected chi connectivity index (χ4v) is 1.48. The third kappa shape index (κ3) is 1.25. The average molecular weight is 178 g/mol. The van der Waals surface area contributed by atoms with Crippen molar-refractivity contribution in [1.29, 1.82) is 0 Å². The minimum absolute atomic E-state index is 0.0362. The summed E-state index contributed by atoms with van der Waals surface area (Å²) in [5.74, 6) is -1.21. The Kier molecular flexibility index (Phi) is 2.01. The highest BCUT2D eigenvalue weighted by molar-refractivity contribution is 5.18. The van der Waals surface area contributed by atoms with Crippen molar-refractivity contribution in [3.8, 4) is 0 Å². The van der Waals surface area contributed by atoms with Crippen LogP contribution in [0.1, 0.15) is 20.8 Å². The molecule has 3 atom stereocenters. The van der Waals surface area contributed by atoms with E-state index in [1.54, 1.807) is 13.0 Å². The Morgan fingerprint density at radius 1 is 1.42 bits per heavy atom. The third-order valence-corrected chi connectivity index (χ3v) is 3.15. The molecule has 1 rings (SSSR count). The van der Waals surface area contributed by atoms with Crippen LogP contribution in [-0.2, 0) is 0 Å². The summed E-state index contributed by atoms with van der Waals surface area (Å²) in [5.41, 5.74) is -0.682. The summed E-state index contributed by atoms with van der Waals surface area (Å²) in [6, 6.07) is 0. The highest BCUT2D eigenvalue weighted by Crippen LogP contribution is 2.50. The van der Waals surface area contributed by atoms with Gasteiger partial charge in [-0.1, -0.05) is 32.9 Å². The largest absolute Gasteiger partial charge is 0.392 e. The first-order chi connectivity index (χ1) is 5.28. The Morgan fingerprint density at radius 3 is 2.00 bits per heavy atom. The molecular weight excluding hydrogens is 165 g/mol. The van der Waals surface area contributed by atoms with Crippen molar-refractivity contribution < 1.29 is 13.2 Å². The van der Waals surface area contributed by atoms with Crippen LogP contribution >= 0.6 is 0 Å². The zero-order valence-corrected chi connectivity index (χ0v) is 7.44. The first-order valence-corrected chi connectivity index (χ1v) is 4.04. The van der Waals surface area contributed by atoms with Gasteiger partial charge in [0, 0.05) is 5.41 Å². The smallest absolute Gasteiger partial charge is 0.171 e. The molecule has 0 saturated carbocycles. The van der Waals surface area contributed by atoms with Crippen LogP contribution in [0.15, 0.2) is 12.2 Å². The summed E-state index contributed by atoms with van der Waals surface area (Å²) in [4.78, 5) is 0. The second-order valence-electron chi connectivity index (χ2n) is 3.78. The highest BCUT2D eigenvalue weighted by atomic mass is 19.4.